The third-order valence-electron chi connectivity index (χ3n) is 6.34. The number of anilines is 3. The maximum Gasteiger partial charge on any atom is 0.250 e. The molecular formula is C25H26F2N8O2. The molecule has 2 aromatic heterocycles. The van der Waals surface area contributed by atoms with Gasteiger partial charge in [-0.2, -0.15) is 15.2 Å². The minimum atomic E-state index is -2.74. The van der Waals surface area contributed by atoms with E-state index in [0.717, 1.165) is 0 Å². The van der Waals surface area contributed by atoms with Crippen molar-refractivity contribution in [2.75, 3.05) is 30.9 Å². The Morgan fingerprint density at radius 3 is 2.84 bits per heavy atom. The molecule has 0 radical (unpaired) electrons. The molecule has 1 fully saturated rings. The standard InChI is InChI=1S/C25H26F2N8O2/c1-30-17(6-8-28)16-4-5-18(21-20(16)36-9-10-37-21)33-24-34-22-19(14(12-29)13-31-22)23(35-24)32-15-3-2-7-25(26,27)11-15/h4-6,8,13,15H,2-3,7,9-11,28H2,1H3,(H3,31,32,33,34,35). The average molecular weight is 509 g/mol. The molecule has 1 atom stereocenters. The molecule has 37 heavy (non-hydrogen) atoms. The van der Waals surface area contributed by atoms with Gasteiger partial charge >= 0.3 is 0 Å². The van der Waals surface area contributed by atoms with Crippen molar-refractivity contribution in [1.29, 1.82) is 5.26 Å². The molecule has 5 rings (SSSR count). The van der Waals surface area contributed by atoms with Gasteiger partial charge in [0.1, 0.15) is 30.7 Å². The van der Waals surface area contributed by atoms with E-state index in [-0.39, 0.29) is 18.8 Å². The molecule has 0 saturated heterocycles. The van der Waals surface area contributed by atoms with Crippen molar-refractivity contribution in [3.63, 3.8) is 0 Å². The van der Waals surface area contributed by atoms with Crippen molar-refractivity contribution in [2.24, 2.45) is 10.7 Å². The maximum absolute atomic E-state index is 14.1. The molecule has 0 bridgehead atoms. The molecule has 1 saturated carbocycles. The molecule has 10 nitrogen and oxygen atoms in total. The number of halogens is 2. The molecule has 5 N–H and O–H groups in total. The van der Waals surface area contributed by atoms with Crippen LogP contribution < -0.4 is 25.8 Å². The summed E-state index contributed by atoms with van der Waals surface area (Å²) in [5.41, 5.74) is 8.18. The Morgan fingerprint density at radius 2 is 2.11 bits per heavy atom. The van der Waals surface area contributed by atoms with Gasteiger partial charge < -0.3 is 30.8 Å². The molecule has 3 heterocycles. The van der Waals surface area contributed by atoms with Gasteiger partial charge in [0.15, 0.2) is 11.5 Å². The number of aromatic amines is 1. The molecule has 12 heteroatoms. The van der Waals surface area contributed by atoms with E-state index in [2.05, 4.69) is 36.6 Å². The lowest BCUT2D eigenvalue weighted by Gasteiger charge is -2.30. The summed E-state index contributed by atoms with van der Waals surface area (Å²) in [6, 6.07) is 5.23. The Hall–Kier alpha value is -4.40. The van der Waals surface area contributed by atoms with E-state index in [1.807, 2.05) is 6.07 Å². The molecule has 1 aliphatic carbocycles. The van der Waals surface area contributed by atoms with Crippen LogP contribution in [0.2, 0.25) is 0 Å². The Morgan fingerprint density at radius 1 is 1.30 bits per heavy atom. The van der Waals surface area contributed by atoms with Crippen LogP contribution in [0.15, 0.2) is 35.6 Å². The number of rotatable bonds is 6. The van der Waals surface area contributed by atoms with Crippen molar-refractivity contribution in [1.82, 2.24) is 15.0 Å². The van der Waals surface area contributed by atoms with E-state index in [0.29, 0.717) is 76.9 Å². The van der Waals surface area contributed by atoms with Crippen LogP contribution in [0.1, 0.15) is 36.8 Å². The van der Waals surface area contributed by atoms with Gasteiger partial charge in [0.25, 0.3) is 0 Å². The molecule has 1 aliphatic heterocycles. The fraction of sp³-hybridized carbons (Fsp3) is 0.360. The Kier molecular flexibility index (Phi) is 6.52. The number of nitrogens with two attached hydrogens (primary N) is 1. The van der Waals surface area contributed by atoms with Crippen LogP contribution in [0, 0.1) is 11.3 Å². The highest BCUT2D eigenvalue weighted by Crippen LogP contribution is 2.42. The number of hydrogen-bond acceptors (Lipinski definition) is 9. The lowest BCUT2D eigenvalue weighted by Crippen LogP contribution is -2.34. The Bertz CT molecular complexity index is 1430. The number of fused-ring (bicyclic) bond motifs is 2. The third-order valence-corrected chi connectivity index (χ3v) is 6.34. The van der Waals surface area contributed by atoms with Crippen molar-refractivity contribution in [2.45, 2.75) is 37.6 Å². The first-order valence-electron chi connectivity index (χ1n) is 11.9. The zero-order valence-corrected chi connectivity index (χ0v) is 20.1. The summed E-state index contributed by atoms with van der Waals surface area (Å²) in [4.78, 5) is 16.3. The minimum absolute atomic E-state index is 0.126. The van der Waals surface area contributed by atoms with Crippen LogP contribution in [0.4, 0.5) is 26.2 Å². The highest BCUT2D eigenvalue weighted by Gasteiger charge is 2.36. The zero-order chi connectivity index (χ0) is 26.0. The number of hydrogen-bond donors (Lipinski definition) is 4. The second kappa shape index (κ2) is 9.93. The summed E-state index contributed by atoms with van der Waals surface area (Å²) in [6.07, 6.45) is 5.15. The molecule has 192 valence electrons. The van der Waals surface area contributed by atoms with Gasteiger partial charge in [0, 0.05) is 37.7 Å². The average Bonchev–Trinajstić information content (AvgIpc) is 3.30. The van der Waals surface area contributed by atoms with E-state index in [1.165, 1.54) is 12.4 Å². The maximum atomic E-state index is 14.1. The first-order valence-corrected chi connectivity index (χ1v) is 11.9. The highest BCUT2D eigenvalue weighted by molar-refractivity contribution is 6.11. The second-order valence-electron chi connectivity index (χ2n) is 8.84. The first-order chi connectivity index (χ1) is 17.9. The normalized spacial score (nSPS) is 19.1. The zero-order valence-electron chi connectivity index (χ0n) is 20.1. The summed E-state index contributed by atoms with van der Waals surface area (Å²) < 4.78 is 39.9. The number of H-pyrrole nitrogens is 1. The molecule has 0 spiro atoms. The minimum Gasteiger partial charge on any atom is -0.485 e. The SMILES string of the molecule is CN=C(C=CN)c1ccc(Nc2nc(NC3CCCC(F)(F)C3)c3c(C#N)c[nH]c3n2)c2c1OCCO2. The van der Waals surface area contributed by atoms with Gasteiger partial charge in [-0.3, -0.25) is 4.99 Å². The van der Waals surface area contributed by atoms with Crippen molar-refractivity contribution in [3.05, 3.63) is 41.7 Å². The number of aromatic nitrogens is 3. The van der Waals surface area contributed by atoms with Gasteiger partial charge in [-0.1, -0.05) is 0 Å². The largest absolute Gasteiger partial charge is 0.485 e. The highest BCUT2D eigenvalue weighted by atomic mass is 19.3. The first kappa shape index (κ1) is 24.3. The van der Waals surface area contributed by atoms with Gasteiger partial charge in [0.05, 0.1) is 22.3 Å². The van der Waals surface area contributed by atoms with Gasteiger partial charge in [0.2, 0.25) is 11.9 Å². The number of benzene rings is 1. The smallest absolute Gasteiger partial charge is 0.250 e. The second-order valence-corrected chi connectivity index (χ2v) is 8.84. The van der Waals surface area contributed by atoms with Crippen LogP contribution in [-0.4, -0.2) is 52.9 Å². The van der Waals surface area contributed by atoms with Crippen LogP contribution in [0.3, 0.4) is 0 Å². The fourth-order valence-corrected chi connectivity index (χ4v) is 4.70. The molecule has 1 unspecified atom stereocenters. The number of allylic oxidation sites excluding steroid dienone is 1. The molecule has 3 aromatic rings. The molecule has 2 aliphatic rings. The van der Waals surface area contributed by atoms with Crippen molar-refractivity contribution >= 4 is 34.2 Å². The lowest BCUT2D eigenvalue weighted by molar-refractivity contribution is -0.0373. The summed E-state index contributed by atoms with van der Waals surface area (Å²) in [7, 11) is 1.66. The number of aliphatic imine (C=N–C) groups is 1. The molecule has 1 aromatic carbocycles. The Labute approximate surface area is 211 Å². The number of ether oxygens (including phenoxy) is 2. The van der Waals surface area contributed by atoms with Crippen LogP contribution in [-0.2, 0) is 0 Å². The third kappa shape index (κ3) is 4.84. The lowest BCUT2D eigenvalue weighted by atomic mass is 9.92. The molecular weight excluding hydrogens is 482 g/mol. The summed E-state index contributed by atoms with van der Waals surface area (Å²) >= 11 is 0. The number of nitrogens with zero attached hydrogens (tertiary/aromatic N) is 4. The summed E-state index contributed by atoms with van der Waals surface area (Å²) in [5, 5.41) is 16.3. The van der Waals surface area contributed by atoms with E-state index in [1.54, 1.807) is 19.2 Å². The van der Waals surface area contributed by atoms with Crippen LogP contribution in [0.5, 0.6) is 11.5 Å². The van der Waals surface area contributed by atoms with Gasteiger partial charge in [-0.25, -0.2) is 8.78 Å². The van der Waals surface area contributed by atoms with Gasteiger partial charge in [-0.05, 0) is 37.3 Å². The van der Waals surface area contributed by atoms with Crippen molar-refractivity contribution < 1.29 is 18.3 Å². The number of nitrogens with one attached hydrogen (secondary N) is 3. The number of alkyl halides is 2. The number of nitriles is 1. The van der Waals surface area contributed by atoms with E-state index in [9.17, 15) is 14.0 Å². The monoisotopic (exact) mass is 508 g/mol. The van der Waals surface area contributed by atoms with Crippen LogP contribution in [0.25, 0.3) is 11.0 Å². The van der Waals surface area contributed by atoms with E-state index >= 15 is 0 Å². The van der Waals surface area contributed by atoms with E-state index in [4.69, 9.17) is 15.2 Å². The topological polar surface area (TPSA) is 146 Å². The van der Waals surface area contributed by atoms with Crippen LogP contribution >= 0.6 is 0 Å². The molecule has 0 amide bonds. The van der Waals surface area contributed by atoms with E-state index < -0.39 is 12.0 Å². The summed E-state index contributed by atoms with van der Waals surface area (Å²) in [5.74, 6) is -1.27. The Balaban J connectivity index is 1.53. The quantitative estimate of drug-likeness (QED) is 0.362. The fourth-order valence-electron chi connectivity index (χ4n) is 4.70. The van der Waals surface area contributed by atoms with Gasteiger partial charge in [-0.15, -0.1) is 0 Å². The summed E-state index contributed by atoms with van der Waals surface area (Å²) in [6.45, 7) is 0.718. The van der Waals surface area contributed by atoms with Crippen molar-refractivity contribution in [3.8, 4) is 17.6 Å². The predicted molar refractivity (Wildman–Crippen MR) is 136 cm³/mol. The predicted octanol–water partition coefficient (Wildman–Crippen LogP) is 4.23.